The molecule has 0 radical (unpaired) electrons. The number of likely N-dealkylation sites (N-methyl/N-ethyl adjacent to an activating group) is 1. The maximum absolute atomic E-state index is 13.0. The Morgan fingerprint density at radius 2 is 2.10 bits per heavy atom. The van der Waals surface area contributed by atoms with E-state index in [1.807, 2.05) is 0 Å². The minimum Gasteiger partial charge on any atom is -0.334 e. The van der Waals surface area contributed by atoms with Gasteiger partial charge in [0, 0.05) is 19.1 Å². The lowest BCUT2D eigenvalue weighted by Gasteiger charge is -2.25. The number of benzene rings is 1. The molecule has 1 fully saturated rings. The minimum atomic E-state index is -4.51. The number of carbonyl (C=O) groups excluding carboxylic acids is 1. The van der Waals surface area contributed by atoms with Gasteiger partial charge in [-0.25, -0.2) is 0 Å². The van der Waals surface area contributed by atoms with Crippen molar-refractivity contribution < 1.29 is 18.0 Å². The van der Waals surface area contributed by atoms with E-state index in [9.17, 15) is 18.0 Å². The number of likely N-dealkylation sites (tertiary alicyclic amines) is 1. The highest BCUT2D eigenvalue weighted by molar-refractivity contribution is 5.96. The number of hydrogen-bond donors (Lipinski definition) is 1. The topological polar surface area (TPSA) is 32.3 Å². The van der Waals surface area contributed by atoms with E-state index in [0.29, 0.717) is 13.1 Å². The van der Waals surface area contributed by atoms with Crippen molar-refractivity contribution in [2.45, 2.75) is 25.1 Å². The monoisotopic (exact) mass is 286 g/mol. The van der Waals surface area contributed by atoms with Gasteiger partial charge in [-0.3, -0.25) is 4.79 Å². The van der Waals surface area contributed by atoms with Crippen LogP contribution in [0.15, 0.2) is 24.3 Å². The third kappa shape index (κ3) is 2.95. The van der Waals surface area contributed by atoms with Crippen LogP contribution in [0.2, 0.25) is 0 Å². The first-order valence-corrected chi connectivity index (χ1v) is 6.57. The molecule has 110 valence electrons. The molecule has 1 aromatic carbocycles. The van der Waals surface area contributed by atoms with Gasteiger partial charge in [0.2, 0.25) is 0 Å². The molecule has 2 rings (SSSR count). The van der Waals surface area contributed by atoms with E-state index in [-0.39, 0.29) is 11.6 Å². The van der Waals surface area contributed by atoms with Gasteiger partial charge in [-0.15, -0.1) is 0 Å². The van der Waals surface area contributed by atoms with E-state index in [2.05, 4.69) is 5.32 Å². The molecule has 1 aliphatic rings. The molecule has 20 heavy (non-hydrogen) atoms. The molecule has 3 nitrogen and oxygen atoms in total. The second kappa shape index (κ2) is 5.83. The molecule has 0 saturated carbocycles. The molecule has 0 bridgehead atoms. The van der Waals surface area contributed by atoms with Crippen molar-refractivity contribution >= 4 is 5.91 Å². The van der Waals surface area contributed by atoms with Gasteiger partial charge >= 0.3 is 6.18 Å². The van der Waals surface area contributed by atoms with E-state index in [4.69, 9.17) is 0 Å². The Morgan fingerprint density at radius 3 is 2.75 bits per heavy atom. The van der Waals surface area contributed by atoms with E-state index < -0.39 is 17.6 Å². The molecule has 0 aliphatic carbocycles. The highest BCUT2D eigenvalue weighted by Gasteiger charge is 2.37. The normalized spacial score (nSPS) is 19.4. The molecule has 1 saturated heterocycles. The third-order valence-corrected chi connectivity index (χ3v) is 3.54. The number of rotatable bonds is 3. The number of nitrogens with one attached hydrogen (secondary N) is 1. The molecular weight excluding hydrogens is 269 g/mol. The number of carbonyl (C=O) groups is 1. The maximum Gasteiger partial charge on any atom is 0.417 e. The predicted octanol–water partition coefficient (Wildman–Crippen LogP) is 2.53. The Morgan fingerprint density at radius 1 is 1.40 bits per heavy atom. The molecule has 6 heteroatoms. The second-order valence-corrected chi connectivity index (χ2v) is 4.90. The Bertz CT molecular complexity index is 488. The Balaban J connectivity index is 2.30. The van der Waals surface area contributed by atoms with Gasteiger partial charge < -0.3 is 10.2 Å². The average Bonchev–Trinajstić information content (AvgIpc) is 2.85. The fraction of sp³-hybridized carbons (Fsp3) is 0.500. The summed E-state index contributed by atoms with van der Waals surface area (Å²) in [7, 11) is 1.77. The van der Waals surface area contributed by atoms with Crippen LogP contribution < -0.4 is 5.32 Å². The van der Waals surface area contributed by atoms with Crippen LogP contribution in [0.25, 0.3) is 0 Å². The number of amides is 1. The zero-order chi connectivity index (χ0) is 14.8. The van der Waals surface area contributed by atoms with Crippen molar-refractivity contribution in [1.82, 2.24) is 10.2 Å². The lowest BCUT2D eigenvalue weighted by Crippen LogP contribution is -2.41. The molecular formula is C14H17F3N2O. The lowest BCUT2D eigenvalue weighted by atomic mass is 10.1. The highest BCUT2D eigenvalue weighted by atomic mass is 19.4. The van der Waals surface area contributed by atoms with Crippen molar-refractivity contribution in [2.75, 3.05) is 20.1 Å². The molecule has 1 N–H and O–H groups in total. The van der Waals surface area contributed by atoms with Gasteiger partial charge in [0.25, 0.3) is 5.91 Å². The van der Waals surface area contributed by atoms with Gasteiger partial charge in [0.05, 0.1) is 11.1 Å². The van der Waals surface area contributed by atoms with Crippen LogP contribution in [0.3, 0.4) is 0 Å². The molecule has 1 unspecified atom stereocenters. The smallest absolute Gasteiger partial charge is 0.334 e. The summed E-state index contributed by atoms with van der Waals surface area (Å²) >= 11 is 0. The van der Waals surface area contributed by atoms with Gasteiger partial charge in [-0.05, 0) is 32.0 Å². The first-order chi connectivity index (χ1) is 9.45. The molecule has 1 heterocycles. The van der Waals surface area contributed by atoms with Gasteiger partial charge in [-0.2, -0.15) is 13.2 Å². The standard InChI is InChI=1S/C14H17F3N2O/c1-18-9-10-5-4-8-19(10)13(20)11-6-2-3-7-12(11)14(15,16)17/h2-3,6-7,10,18H,4-5,8-9H2,1H3. The van der Waals surface area contributed by atoms with Crippen molar-refractivity contribution in [2.24, 2.45) is 0 Å². The molecule has 0 spiro atoms. The van der Waals surface area contributed by atoms with Crippen LogP contribution in [0.1, 0.15) is 28.8 Å². The average molecular weight is 286 g/mol. The van der Waals surface area contributed by atoms with Crippen LogP contribution >= 0.6 is 0 Å². The minimum absolute atomic E-state index is 0.0335. The SMILES string of the molecule is CNCC1CCCN1C(=O)c1ccccc1C(F)(F)F. The lowest BCUT2D eigenvalue weighted by molar-refractivity contribution is -0.138. The summed E-state index contributed by atoms with van der Waals surface area (Å²) in [5, 5.41) is 2.97. The van der Waals surface area contributed by atoms with Crippen molar-refractivity contribution in [3.8, 4) is 0 Å². The zero-order valence-corrected chi connectivity index (χ0v) is 11.2. The van der Waals surface area contributed by atoms with Crippen LogP contribution in [0.4, 0.5) is 13.2 Å². The molecule has 0 aromatic heterocycles. The maximum atomic E-state index is 13.0. The van der Waals surface area contributed by atoms with E-state index in [1.54, 1.807) is 11.9 Å². The van der Waals surface area contributed by atoms with Gasteiger partial charge in [0.15, 0.2) is 0 Å². The Hall–Kier alpha value is -1.56. The predicted molar refractivity (Wildman–Crippen MR) is 69.4 cm³/mol. The quantitative estimate of drug-likeness (QED) is 0.926. The summed E-state index contributed by atoms with van der Waals surface area (Å²) in [5.74, 6) is -0.532. The fourth-order valence-electron chi connectivity index (χ4n) is 2.62. The first kappa shape index (κ1) is 14.8. The molecule has 1 aliphatic heterocycles. The summed E-state index contributed by atoms with van der Waals surface area (Å²) in [5.41, 5.74) is -1.12. The number of hydrogen-bond acceptors (Lipinski definition) is 2. The third-order valence-electron chi connectivity index (χ3n) is 3.54. The van der Waals surface area contributed by atoms with E-state index in [0.717, 1.165) is 18.9 Å². The molecule has 1 atom stereocenters. The Kier molecular flexibility index (Phi) is 4.32. The number of alkyl halides is 3. The molecule has 1 amide bonds. The summed E-state index contributed by atoms with van der Waals surface area (Å²) in [4.78, 5) is 13.9. The van der Waals surface area contributed by atoms with Gasteiger partial charge in [0.1, 0.15) is 0 Å². The van der Waals surface area contributed by atoms with Crippen LogP contribution in [0, 0.1) is 0 Å². The first-order valence-electron chi connectivity index (χ1n) is 6.57. The van der Waals surface area contributed by atoms with E-state index in [1.165, 1.54) is 18.2 Å². The van der Waals surface area contributed by atoms with Crippen molar-refractivity contribution in [3.05, 3.63) is 35.4 Å². The van der Waals surface area contributed by atoms with Crippen LogP contribution in [-0.2, 0) is 6.18 Å². The fourth-order valence-corrected chi connectivity index (χ4v) is 2.62. The Labute approximate surface area is 115 Å². The second-order valence-electron chi connectivity index (χ2n) is 4.90. The highest BCUT2D eigenvalue weighted by Crippen LogP contribution is 2.33. The molecule has 1 aromatic rings. The zero-order valence-electron chi connectivity index (χ0n) is 11.2. The largest absolute Gasteiger partial charge is 0.417 e. The summed E-state index contributed by atoms with van der Waals surface area (Å²) in [6.45, 7) is 1.11. The van der Waals surface area contributed by atoms with Crippen molar-refractivity contribution in [1.29, 1.82) is 0 Å². The number of halogens is 3. The van der Waals surface area contributed by atoms with Crippen LogP contribution in [0.5, 0.6) is 0 Å². The summed E-state index contributed by atoms with van der Waals surface area (Å²) in [6, 6.07) is 4.94. The van der Waals surface area contributed by atoms with Crippen LogP contribution in [-0.4, -0.2) is 37.0 Å². The van der Waals surface area contributed by atoms with Gasteiger partial charge in [-0.1, -0.05) is 12.1 Å². The summed E-state index contributed by atoms with van der Waals surface area (Å²) < 4.78 is 38.9. The number of nitrogens with zero attached hydrogens (tertiary/aromatic N) is 1. The summed E-state index contributed by atoms with van der Waals surface area (Å²) in [6.07, 6.45) is -2.86. The van der Waals surface area contributed by atoms with E-state index >= 15 is 0 Å². The van der Waals surface area contributed by atoms with Crippen molar-refractivity contribution in [3.63, 3.8) is 0 Å².